The Morgan fingerprint density at radius 2 is 0.736 bits per heavy atom. The van der Waals surface area contributed by atoms with Gasteiger partial charge in [0.1, 0.15) is 45.9 Å². The third-order valence-electron chi connectivity index (χ3n) is 23.2. The fraction of sp³-hybridized carbons (Fsp3) is 0.362. The van der Waals surface area contributed by atoms with Crippen LogP contribution in [0.25, 0.3) is 67.6 Å². The van der Waals surface area contributed by atoms with Gasteiger partial charge < -0.3 is 82.2 Å². The molecule has 0 bridgehead atoms. The maximum Gasteiger partial charge on any atom is 0.409 e. The van der Waals surface area contributed by atoms with E-state index < -0.39 is 41.0 Å². The van der Waals surface area contributed by atoms with E-state index >= 15 is 4.39 Å². The summed E-state index contributed by atoms with van der Waals surface area (Å²) in [5.74, 6) is -4.51. The lowest BCUT2D eigenvalue weighted by Gasteiger charge is -2.33. The highest BCUT2D eigenvalue weighted by molar-refractivity contribution is 6.31. The summed E-state index contributed by atoms with van der Waals surface area (Å²) in [6.45, 7) is 20.2. The van der Waals surface area contributed by atoms with Crippen LogP contribution < -0.4 is 21.3 Å². The molecular weight excluding hydrogens is 1710 g/mol. The van der Waals surface area contributed by atoms with Crippen molar-refractivity contribution in [2.45, 2.75) is 112 Å². The van der Waals surface area contributed by atoms with Gasteiger partial charge in [0.05, 0.1) is 127 Å². The van der Waals surface area contributed by atoms with Gasteiger partial charge in [0.2, 0.25) is 17.7 Å². The molecule has 29 nitrogen and oxygen atoms in total. The van der Waals surface area contributed by atoms with Crippen LogP contribution in [0.1, 0.15) is 119 Å². The summed E-state index contributed by atoms with van der Waals surface area (Å²) in [7, 11) is 7.26. The zero-order valence-corrected chi connectivity index (χ0v) is 75.4. The van der Waals surface area contributed by atoms with Crippen molar-refractivity contribution < 1.29 is 79.6 Å². The van der Waals surface area contributed by atoms with Gasteiger partial charge in [-0.25, -0.2) is 42.3 Å². The lowest BCUT2D eigenvalue weighted by atomic mass is 9.98. The third kappa shape index (κ3) is 21.2. The van der Waals surface area contributed by atoms with Crippen molar-refractivity contribution in [2.75, 3.05) is 114 Å². The first-order valence-corrected chi connectivity index (χ1v) is 43.0. The van der Waals surface area contributed by atoms with E-state index in [0.717, 1.165) is 79.6 Å². The topological polar surface area (TPSA) is 313 Å². The minimum atomic E-state index is -0.836. The van der Waals surface area contributed by atoms with Gasteiger partial charge in [-0.05, 0) is 147 Å². The number of pyridine rings is 4. The first kappa shape index (κ1) is 94.0. The Balaban J connectivity index is 0.000000147. The number of rotatable bonds is 17. The van der Waals surface area contributed by atoms with E-state index in [9.17, 15) is 51.5 Å². The van der Waals surface area contributed by atoms with Crippen molar-refractivity contribution in [1.82, 2.24) is 78.4 Å². The molecule has 4 aliphatic rings. The number of imidazole rings is 4. The van der Waals surface area contributed by atoms with Crippen LogP contribution in [0, 0.1) is 57.9 Å². The Morgan fingerprint density at radius 3 is 1.12 bits per heavy atom. The molecule has 35 heteroatoms. The summed E-state index contributed by atoms with van der Waals surface area (Å²) < 4.78 is 95.8. The average Bonchev–Trinajstić information content (AvgIpc) is 1.64. The van der Waals surface area contributed by atoms with E-state index in [1.807, 2.05) is 142 Å². The van der Waals surface area contributed by atoms with Crippen LogP contribution in [0.2, 0.25) is 10.0 Å². The molecule has 16 rings (SSSR count). The highest BCUT2D eigenvalue weighted by Crippen LogP contribution is 2.38. The standard InChI is InChI=1S/C24H26ClFN4O3.C24H27FN4O4.C23H25ClN4O3.C23H24F2N4O3/c1-4-22(31)29-7-8-33-16(13-29)11-20-23(28-21-10-15(25)5-6-30(20)21)17-12-19(26)18(9-14(17)2)24(32)27-3;1-14-5-6-29-20(11-16-13-28(7-8-33-16)24(31)32-4)22(27-21(29)9-14)17-12-19(25)18(10-15(17)2)23(30)26-3;1-14-10-16(23(30)25-3)4-5-19(14)22-20(28-7-6-17(24)11-21(28)26-22)12-18-13-27(15(2)29)8-9-31-18;1-13-4-5-29-20(9-15-12-28(14(2)30)6-7-32-15)22(27-21(29)8-13)16-10-19(25)17(11-18(16)24)23(31)26-3/h5-6,9-10,12,16H,4,7-8,11,13H2,1-3H3,(H,27,32);5-6,9-10,12,16H,7-8,11,13H2,1-4H3,(H,26,30);4-7,10-11,18H,8-9,12-13H2,1-3H3,(H,25,30);4-5,8,10-11,15H,6-7,9,12H2,1-3H3,(H,26,31)/t2*16-;18-;15-/m0000/s1. The molecule has 4 atom stereocenters. The minimum Gasteiger partial charge on any atom is -0.453 e. The normalized spacial score (nSPS) is 16.3. The van der Waals surface area contributed by atoms with Crippen LogP contribution in [0.15, 0.2) is 128 Å². The van der Waals surface area contributed by atoms with E-state index in [0.29, 0.717) is 166 Å². The molecule has 0 radical (unpaired) electrons. The number of aromatic nitrogens is 8. The number of aryl methyl sites for hydroxylation is 5. The lowest BCUT2D eigenvalue weighted by Crippen LogP contribution is -2.46. The fourth-order valence-corrected chi connectivity index (χ4v) is 16.8. The van der Waals surface area contributed by atoms with E-state index in [4.69, 9.17) is 61.8 Å². The van der Waals surface area contributed by atoms with E-state index in [-0.39, 0.29) is 82.1 Å². The summed E-state index contributed by atoms with van der Waals surface area (Å²) in [6, 6.07) is 28.1. The quantitative estimate of drug-likeness (QED) is 0.0616. The van der Waals surface area contributed by atoms with Crippen molar-refractivity contribution in [1.29, 1.82) is 0 Å². The second-order valence-corrected chi connectivity index (χ2v) is 32.8. The highest BCUT2D eigenvalue weighted by atomic mass is 35.5. The van der Waals surface area contributed by atoms with Crippen molar-refractivity contribution in [3.05, 3.63) is 234 Å². The molecule has 0 unspecified atom stereocenters. The van der Waals surface area contributed by atoms with Crippen LogP contribution in [0.3, 0.4) is 0 Å². The second-order valence-electron chi connectivity index (χ2n) is 31.9. The smallest absolute Gasteiger partial charge is 0.409 e. The largest absolute Gasteiger partial charge is 0.453 e. The van der Waals surface area contributed by atoms with Gasteiger partial charge >= 0.3 is 6.09 Å². The first-order valence-electron chi connectivity index (χ1n) is 42.3. The number of carbonyl (C=O) groups is 8. The number of ether oxygens (including phenoxy) is 5. The van der Waals surface area contributed by atoms with Crippen LogP contribution in [-0.2, 0) is 63.8 Å². The van der Waals surface area contributed by atoms with Crippen molar-refractivity contribution >= 4 is 93.2 Å². The molecule has 0 saturated carbocycles. The highest BCUT2D eigenvalue weighted by Gasteiger charge is 2.34. The molecule has 8 aromatic heterocycles. The number of benzene rings is 4. The Morgan fingerprint density at radius 1 is 0.403 bits per heavy atom. The molecule has 129 heavy (non-hydrogen) atoms. The number of amides is 8. The molecule has 12 heterocycles. The number of morpholine rings is 4. The molecule has 4 N–H and O–H groups in total. The van der Waals surface area contributed by atoms with Gasteiger partial charge in [-0.2, -0.15) is 0 Å². The third-order valence-corrected chi connectivity index (χ3v) is 23.7. The van der Waals surface area contributed by atoms with Crippen molar-refractivity contribution in [2.24, 2.45) is 0 Å². The predicted molar refractivity (Wildman–Crippen MR) is 479 cm³/mol. The van der Waals surface area contributed by atoms with Crippen LogP contribution in [0.5, 0.6) is 0 Å². The van der Waals surface area contributed by atoms with Gasteiger partial charge in [-0.15, -0.1) is 0 Å². The fourth-order valence-electron chi connectivity index (χ4n) is 16.5. The van der Waals surface area contributed by atoms with Gasteiger partial charge in [-0.3, -0.25) is 33.6 Å². The summed E-state index contributed by atoms with van der Waals surface area (Å²) in [4.78, 5) is 122. The summed E-state index contributed by atoms with van der Waals surface area (Å²) >= 11 is 12.4. The SMILES string of the molecule is CCC(=O)N1CCO[C@@H](Cc2c(-c3cc(F)c(C(=O)NC)cc3C)nc3cc(Cl)ccn23)C1.CNC(=O)c1cc(C)c(-c2nc3cc(C)ccn3c2C[C@H]2CN(C(=O)OC)CCO2)cc1F.CNC(=O)c1cc(F)c(-c2nc3cc(C)ccn3c2C[C@H]2CN(C(C)=O)CCO2)cc1F.CNC(=O)c1ccc(-c2nc3cc(Cl)ccn3c2C[C@H]2CN(C(C)=O)CCO2)c(C)c1. The van der Waals surface area contributed by atoms with Gasteiger partial charge in [0.15, 0.2) is 0 Å². The number of halogens is 6. The zero-order chi connectivity index (χ0) is 92.5. The monoisotopic (exact) mass is 1810 g/mol. The molecule has 4 saturated heterocycles. The number of nitrogens with one attached hydrogen (secondary N) is 4. The Labute approximate surface area is 752 Å². The maximum absolute atomic E-state index is 15.1. The molecule has 678 valence electrons. The first-order chi connectivity index (χ1) is 61.8. The van der Waals surface area contributed by atoms with Crippen molar-refractivity contribution in [3.63, 3.8) is 0 Å². The number of hydrogen-bond acceptors (Lipinski definition) is 17. The molecule has 4 fully saturated rings. The van der Waals surface area contributed by atoms with E-state index in [1.54, 1.807) is 48.0 Å². The van der Waals surface area contributed by atoms with E-state index in [2.05, 4.69) is 26.3 Å². The lowest BCUT2D eigenvalue weighted by molar-refractivity contribution is -0.138. The number of carbonyl (C=O) groups excluding carboxylic acids is 8. The summed E-state index contributed by atoms with van der Waals surface area (Å²) in [6.07, 6.45) is 8.50. The van der Waals surface area contributed by atoms with Crippen molar-refractivity contribution in [3.8, 4) is 45.0 Å². The Kier molecular flexibility index (Phi) is 30.0. The van der Waals surface area contributed by atoms with Gasteiger partial charge in [-0.1, -0.05) is 36.2 Å². The molecule has 4 aliphatic heterocycles. The number of fused-ring (bicyclic) bond motifs is 4. The maximum atomic E-state index is 15.1. The molecule has 12 aromatic rings. The Bertz CT molecular complexity index is 6120. The number of methoxy groups -OCH3 is 1. The van der Waals surface area contributed by atoms with Gasteiger partial charge in [0, 0.05) is 195 Å². The Hall–Kier alpha value is -12.7. The minimum absolute atomic E-state index is 0.00996. The molecule has 4 aromatic carbocycles. The van der Waals surface area contributed by atoms with Crippen LogP contribution in [-0.4, -0.2) is 243 Å². The summed E-state index contributed by atoms with van der Waals surface area (Å²) in [5, 5.41) is 11.0. The molecule has 8 amide bonds. The van der Waals surface area contributed by atoms with Crippen LogP contribution in [0.4, 0.5) is 22.4 Å². The molecule has 0 spiro atoms. The number of hydrogen-bond donors (Lipinski definition) is 4. The van der Waals surface area contributed by atoms with Gasteiger partial charge in [0.25, 0.3) is 23.6 Å². The molecule has 0 aliphatic carbocycles. The predicted octanol–water partition coefficient (Wildman–Crippen LogP) is 12.6. The zero-order valence-electron chi connectivity index (χ0n) is 73.9. The molecular formula is C94H102Cl2F4N16O13. The summed E-state index contributed by atoms with van der Waals surface area (Å²) in [5.41, 5.74) is 15.0. The average molecular weight is 1810 g/mol. The van der Waals surface area contributed by atoms with E-state index in [1.165, 1.54) is 53.4 Å². The van der Waals surface area contributed by atoms with Crippen LogP contribution >= 0.6 is 23.2 Å². The number of nitrogens with zero attached hydrogens (tertiary/aromatic N) is 12. The second kappa shape index (κ2) is 41.2.